The van der Waals surface area contributed by atoms with E-state index in [4.69, 9.17) is 17.3 Å². The molecule has 0 aromatic carbocycles. The normalized spacial score (nSPS) is 23.3. The Labute approximate surface area is 101 Å². The molecule has 0 saturated heterocycles. The second-order valence-corrected chi connectivity index (χ2v) is 5.53. The third kappa shape index (κ3) is 2.55. The van der Waals surface area contributed by atoms with Crippen molar-refractivity contribution < 1.29 is 0 Å². The quantitative estimate of drug-likeness (QED) is 0.781. The van der Waals surface area contributed by atoms with Gasteiger partial charge in [0.2, 0.25) is 5.28 Å². The molecule has 0 radical (unpaired) electrons. The molecule has 88 valence electrons. The third-order valence-electron chi connectivity index (χ3n) is 3.10. The Balaban J connectivity index is 2.07. The van der Waals surface area contributed by atoms with E-state index in [1.807, 2.05) is 0 Å². The summed E-state index contributed by atoms with van der Waals surface area (Å²) in [5.74, 6) is 0.655. The molecule has 1 aliphatic carbocycles. The number of nitrogens with zero attached hydrogens (tertiary/aromatic N) is 2. The molecule has 1 aliphatic rings. The highest BCUT2D eigenvalue weighted by molar-refractivity contribution is 6.28. The largest absolute Gasteiger partial charge is 0.394 e. The number of nitrogens with two attached hydrogens (primary N) is 1. The summed E-state index contributed by atoms with van der Waals surface area (Å²) in [6.07, 6.45) is 5.04. The monoisotopic (exact) mass is 240 g/mol. The van der Waals surface area contributed by atoms with Crippen molar-refractivity contribution in [2.45, 2.75) is 39.2 Å². The number of nitrogens with one attached hydrogen (secondary N) is 1. The summed E-state index contributed by atoms with van der Waals surface area (Å²) in [5, 5.41) is 3.58. The lowest BCUT2D eigenvalue weighted by atomic mass is 9.92. The van der Waals surface area contributed by atoms with E-state index in [0.717, 1.165) is 12.8 Å². The minimum Gasteiger partial charge on any atom is -0.394 e. The van der Waals surface area contributed by atoms with E-state index in [2.05, 4.69) is 29.1 Å². The molecule has 1 unspecified atom stereocenters. The van der Waals surface area contributed by atoms with Gasteiger partial charge < -0.3 is 11.1 Å². The highest BCUT2D eigenvalue weighted by Crippen LogP contribution is 2.38. The Morgan fingerprint density at radius 2 is 2.31 bits per heavy atom. The lowest BCUT2D eigenvalue weighted by Gasteiger charge is -2.18. The molecule has 4 nitrogen and oxygen atoms in total. The van der Waals surface area contributed by atoms with Crippen molar-refractivity contribution in [3.05, 3.63) is 11.5 Å². The fourth-order valence-electron chi connectivity index (χ4n) is 2.24. The zero-order chi connectivity index (χ0) is 11.8. The molecule has 3 N–H and O–H groups in total. The fraction of sp³-hybridized carbons (Fsp3) is 0.636. The molecule has 1 fully saturated rings. The van der Waals surface area contributed by atoms with Crippen molar-refractivity contribution in [1.29, 1.82) is 0 Å². The van der Waals surface area contributed by atoms with Crippen molar-refractivity contribution in [3.8, 4) is 0 Å². The van der Waals surface area contributed by atoms with Crippen LogP contribution < -0.4 is 11.1 Å². The third-order valence-corrected chi connectivity index (χ3v) is 3.28. The first kappa shape index (κ1) is 11.5. The lowest BCUT2D eigenvalue weighted by Crippen LogP contribution is -2.19. The number of anilines is 2. The van der Waals surface area contributed by atoms with Gasteiger partial charge in [-0.3, -0.25) is 0 Å². The maximum atomic E-state index is 5.79. The molecule has 1 saturated carbocycles. The summed E-state index contributed by atoms with van der Waals surface area (Å²) in [6, 6.07) is 0.434. The molecule has 1 heterocycles. The first-order valence-electron chi connectivity index (χ1n) is 5.51. The average Bonchev–Trinajstić information content (AvgIpc) is 2.52. The summed E-state index contributed by atoms with van der Waals surface area (Å²) in [5.41, 5.74) is 6.75. The Hall–Kier alpha value is -1.03. The van der Waals surface area contributed by atoms with Gasteiger partial charge in [0.25, 0.3) is 0 Å². The molecule has 0 amide bonds. The van der Waals surface area contributed by atoms with Crippen LogP contribution in [0.15, 0.2) is 6.20 Å². The van der Waals surface area contributed by atoms with E-state index in [-0.39, 0.29) is 5.28 Å². The fourth-order valence-corrected chi connectivity index (χ4v) is 2.37. The molecule has 1 aromatic heterocycles. The predicted octanol–water partition coefficient (Wildman–Crippen LogP) is 2.70. The van der Waals surface area contributed by atoms with E-state index >= 15 is 0 Å². The number of halogens is 1. The summed E-state index contributed by atoms with van der Waals surface area (Å²) in [6.45, 7) is 4.57. The number of rotatable bonds is 2. The van der Waals surface area contributed by atoms with Gasteiger partial charge in [-0.2, -0.15) is 4.98 Å². The minimum absolute atomic E-state index is 0.231. The minimum atomic E-state index is 0.231. The number of aromatic nitrogens is 2. The molecule has 5 heteroatoms. The zero-order valence-corrected chi connectivity index (χ0v) is 10.4. The van der Waals surface area contributed by atoms with Crippen LogP contribution in [0.2, 0.25) is 5.28 Å². The summed E-state index contributed by atoms with van der Waals surface area (Å²) >= 11 is 5.74. The summed E-state index contributed by atoms with van der Waals surface area (Å²) in [7, 11) is 0. The van der Waals surface area contributed by atoms with Crippen LogP contribution in [0, 0.1) is 5.41 Å². The van der Waals surface area contributed by atoms with Gasteiger partial charge >= 0.3 is 0 Å². The van der Waals surface area contributed by atoms with E-state index in [1.165, 1.54) is 12.6 Å². The van der Waals surface area contributed by atoms with Crippen molar-refractivity contribution >= 4 is 23.1 Å². The Kier molecular flexibility index (Phi) is 2.93. The smallest absolute Gasteiger partial charge is 0.224 e. The van der Waals surface area contributed by atoms with Crippen LogP contribution in [0.3, 0.4) is 0 Å². The molecular formula is C11H17ClN4. The first-order valence-corrected chi connectivity index (χ1v) is 5.89. The van der Waals surface area contributed by atoms with Crippen molar-refractivity contribution in [3.63, 3.8) is 0 Å². The second kappa shape index (κ2) is 4.09. The van der Waals surface area contributed by atoms with Gasteiger partial charge in [-0.25, -0.2) is 4.98 Å². The van der Waals surface area contributed by atoms with Gasteiger partial charge in [0.05, 0.1) is 11.9 Å². The predicted molar refractivity (Wildman–Crippen MR) is 66.5 cm³/mol. The molecule has 0 bridgehead atoms. The number of hydrogen-bond donors (Lipinski definition) is 2. The molecule has 1 atom stereocenters. The van der Waals surface area contributed by atoms with Crippen molar-refractivity contribution in [2.75, 3.05) is 11.1 Å². The van der Waals surface area contributed by atoms with E-state index in [0.29, 0.717) is 23.0 Å². The van der Waals surface area contributed by atoms with Gasteiger partial charge in [-0.1, -0.05) is 13.8 Å². The van der Waals surface area contributed by atoms with Gasteiger partial charge in [-0.05, 0) is 36.3 Å². The maximum absolute atomic E-state index is 5.79. The Morgan fingerprint density at radius 1 is 1.56 bits per heavy atom. The topological polar surface area (TPSA) is 63.8 Å². The Bertz CT molecular complexity index is 392. The zero-order valence-electron chi connectivity index (χ0n) is 9.63. The van der Waals surface area contributed by atoms with Crippen LogP contribution in [0.25, 0.3) is 0 Å². The molecule has 2 rings (SSSR count). The van der Waals surface area contributed by atoms with Gasteiger partial charge in [0, 0.05) is 6.04 Å². The van der Waals surface area contributed by atoms with Crippen LogP contribution in [-0.2, 0) is 0 Å². The summed E-state index contributed by atoms with van der Waals surface area (Å²) in [4.78, 5) is 7.93. The standard InChI is InChI=1S/C11H17ClN4/c1-11(2)4-3-7(5-11)15-9-8(13)6-14-10(12)16-9/h6-7H,3-5,13H2,1-2H3,(H,14,15,16). The number of hydrogen-bond acceptors (Lipinski definition) is 4. The van der Waals surface area contributed by atoms with Crippen molar-refractivity contribution in [2.24, 2.45) is 5.41 Å². The second-order valence-electron chi connectivity index (χ2n) is 5.19. The lowest BCUT2D eigenvalue weighted by molar-refractivity contribution is 0.378. The van der Waals surface area contributed by atoms with Gasteiger partial charge in [0.15, 0.2) is 5.82 Å². The van der Waals surface area contributed by atoms with E-state index in [1.54, 1.807) is 0 Å². The molecule has 0 aliphatic heterocycles. The molecule has 16 heavy (non-hydrogen) atoms. The molecular weight excluding hydrogens is 224 g/mol. The number of nitrogen functional groups attached to an aromatic ring is 1. The van der Waals surface area contributed by atoms with Crippen molar-refractivity contribution in [1.82, 2.24) is 9.97 Å². The van der Waals surface area contributed by atoms with Crippen LogP contribution in [0.1, 0.15) is 33.1 Å². The highest BCUT2D eigenvalue weighted by Gasteiger charge is 2.31. The maximum Gasteiger partial charge on any atom is 0.224 e. The molecule has 1 aromatic rings. The average molecular weight is 241 g/mol. The van der Waals surface area contributed by atoms with Crippen LogP contribution in [-0.4, -0.2) is 16.0 Å². The SMILES string of the molecule is CC1(C)CCC(Nc2nc(Cl)ncc2N)C1. The molecule has 0 spiro atoms. The van der Waals surface area contributed by atoms with Crippen LogP contribution in [0.4, 0.5) is 11.5 Å². The van der Waals surface area contributed by atoms with Crippen LogP contribution in [0.5, 0.6) is 0 Å². The van der Waals surface area contributed by atoms with Gasteiger partial charge in [0.1, 0.15) is 0 Å². The van der Waals surface area contributed by atoms with Crippen LogP contribution >= 0.6 is 11.6 Å². The Morgan fingerprint density at radius 3 is 2.94 bits per heavy atom. The van der Waals surface area contributed by atoms with Gasteiger partial charge in [-0.15, -0.1) is 0 Å². The van der Waals surface area contributed by atoms with E-state index in [9.17, 15) is 0 Å². The summed E-state index contributed by atoms with van der Waals surface area (Å²) < 4.78 is 0. The first-order chi connectivity index (χ1) is 7.46. The van der Waals surface area contributed by atoms with E-state index < -0.39 is 0 Å². The highest BCUT2D eigenvalue weighted by atomic mass is 35.5.